The first-order valence-electron chi connectivity index (χ1n) is 7.32. The van der Waals surface area contributed by atoms with Crippen LogP contribution in [0.1, 0.15) is 25.7 Å². The molecule has 1 unspecified atom stereocenters. The maximum atomic E-state index is 11.7. The molecular formula is C14H19N3O5. The Morgan fingerprint density at radius 3 is 2.95 bits per heavy atom. The number of aryl methyl sites for hydroxylation is 1. The SMILES string of the molecule is O=C(NCCCCn1cc([N+](=O)[O-])ccc1=O)C1CCCO1. The van der Waals surface area contributed by atoms with Crippen molar-refractivity contribution in [1.82, 2.24) is 9.88 Å². The second kappa shape index (κ2) is 7.69. The summed E-state index contributed by atoms with van der Waals surface area (Å²) in [6, 6.07) is 2.39. The number of nitrogens with zero attached hydrogens (tertiary/aromatic N) is 2. The maximum Gasteiger partial charge on any atom is 0.285 e. The summed E-state index contributed by atoms with van der Waals surface area (Å²) >= 11 is 0. The third-order valence-electron chi connectivity index (χ3n) is 3.53. The van der Waals surface area contributed by atoms with Crippen molar-refractivity contribution in [2.75, 3.05) is 13.2 Å². The molecule has 1 saturated heterocycles. The predicted molar refractivity (Wildman–Crippen MR) is 78.6 cm³/mol. The number of carbonyl (C=O) groups excluding carboxylic acids is 1. The van der Waals surface area contributed by atoms with E-state index in [1.807, 2.05) is 0 Å². The largest absolute Gasteiger partial charge is 0.368 e. The Morgan fingerprint density at radius 1 is 1.45 bits per heavy atom. The molecule has 1 N–H and O–H groups in total. The maximum absolute atomic E-state index is 11.7. The fourth-order valence-electron chi connectivity index (χ4n) is 2.32. The van der Waals surface area contributed by atoms with Crippen LogP contribution in [0.3, 0.4) is 0 Å². The Balaban J connectivity index is 1.72. The van der Waals surface area contributed by atoms with Crippen molar-refractivity contribution in [3.8, 4) is 0 Å². The molecule has 0 bridgehead atoms. The summed E-state index contributed by atoms with van der Waals surface area (Å²) in [7, 11) is 0. The van der Waals surface area contributed by atoms with Gasteiger partial charge in [0.05, 0.1) is 11.1 Å². The number of ether oxygens (including phenoxy) is 1. The number of hydrogen-bond donors (Lipinski definition) is 1. The summed E-state index contributed by atoms with van der Waals surface area (Å²) < 4.78 is 6.59. The third kappa shape index (κ3) is 4.39. The average molecular weight is 309 g/mol. The van der Waals surface area contributed by atoms with Gasteiger partial charge in [-0.2, -0.15) is 0 Å². The molecule has 8 nitrogen and oxygen atoms in total. The van der Waals surface area contributed by atoms with Gasteiger partial charge in [-0.25, -0.2) is 0 Å². The minimum atomic E-state index is -0.530. The lowest BCUT2D eigenvalue weighted by Gasteiger charge is -2.10. The molecule has 2 heterocycles. The second-order valence-corrected chi connectivity index (χ2v) is 5.18. The summed E-state index contributed by atoms with van der Waals surface area (Å²) in [6.07, 6.45) is 3.91. The number of nitrogens with one attached hydrogen (secondary N) is 1. The van der Waals surface area contributed by atoms with E-state index in [1.165, 1.54) is 22.9 Å². The van der Waals surface area contributed by atoms with Crippen LogP contribution < -0.4 is 10.9 Å². The van der Waals surface area contributed by atoms with E-state index in [1.54, 1.807) is 0 Å². The molecule has 22 heavy (non-hydrogen) atoms. The zero-order valence-corrected chi connectivity index (χ0v) is 12.2. The standard InChI is InChI=1S/C14H19N3O5/c18-13-6-5-11(17(20)21)10-16(13)8-2-1-7-15-14(19)12-4-3-9-22-12/h5-6,10,12H,1-4,7-9H2,(H,15,19). The lowest BCUT2D eigenvalue weighted by Crippen LogP contribution is -2.34. The zero-order chi connectivity index (χ0) is 15.9. The van der Waals surface area contributed by atoms with Gasteiger partial charge < -0.3 is 14.6 Å². The minimum absolute atomic E-state index is 0.0926. The van der Waals surface area contributed by atoms with Gasteiger partial charge in [0.15, 0.2) is 0 Å². The lowest BCUT2D eigenvalue weighted by atomic mass is 10.2. The van der Waals surface area contributed by atoms with Gasteiger partial charge in [0.2, 0.25) is 5.91 Å². The van der Waals surface area contributed by atoms with E-state index in [9.17, 15) is 19.7 Å². The van der Waals surface area contributed by atoms with E-state index >= 15 is 0 Å². The summed E-state index contributed by atoms with van der Waals surface area (Å²) in [4.78, 5) is 33.4. The number of pyridine rings is 1. The molecule has 8 heteroatoms. The molecule has 2 rings (SSSR count). The highest BCUT2D eigenvalue weighted by Crippen LogP contribution is 2.11. The van der Waals surface area contributed by atoms with E-state index in [0.29, 0.717) is 32.5 Å². The van der Waals surface area contributed by atoms with Crippen molar-refractivity contribution in [2.24, 2.45) is 0 Å². The molecule has 1 aliphatic rings. The van der Waals surface area contributed by atoms with Gasteiger partial charge in [0.25, 0.3) is 11.2 Å². The van der Waals surface area contributed by atoms with Crippen molar-refractivity contribution in [2.45, 2.75) is 38.3 Å². The monoisotopic (exact) mass is 309 g/mol. The number of amides is 1. The molecule has 1 aromatic heterocycles. The third-order valence-corrected chi connectivity index (χ3v) is 3.53. The zero-order valence-electron chi connectivity index (χ0n) is 12.2. The van der Waals surface area contributed by atoms with E-state index in [0.717, 1.165) is 12.8 Å². The molecular weight excluding hydrogens is 290 g/mol. The van der Waals surface area contributed by atoms with E-state index < -0.39 is 4.92 Å². The second-order valence-electron chi connectivity index (χ2n) is 5.18. The molecule has 1 atom stereocenters. The Bertz CT molecular complexity index is 592. The van der Waals surface area contributed by atoms with Crippen LogP contribution in [0.5, 0.6) is 0 Å². The van der Waals surface area contributed by atoms with Crippen LogP contribution >= 0.6 is 0 Å². The fourth-order valence-corrected chi connectivity index (χ4v) is 2.32. The molecule has 0 saturated carbocycles. The molecule has 0 aliphatic carbocycles. The van der Waals surface area contributed by atoms with Crippen molar-refractivity contribution >= 4 is 11.6 Å². The highest BCUT2D eigenvalue weighted by molar-refractivity contribution is 5.80. The molecule has 1 aromatic rings. The Hall–Kier alpha value is -2.22. The Labute approximate surface area is 127 Å². The highest BCUT2D eigenvalue weighted by Gasteiger charge is 2.22. The van der Waals surface area contributed by atoms with Crippen molar-refractivity contribution in [3.63, 3.8) is 0 Å². The summed E-state index contributed by atoms with van der Waals surface area (Å²) in [5, 5.41) is 13.5. The predicted octanol–water partition coefficient (Wildman–Crippen LogP) is 0.832. The molecule has 0 spiro atoms. The normalized spacial score (nSPS) is 17.4. The Morgan fingerprint density at radius 2 is 2.27 bits per heavy atom. The van der Waals surface area contributed by atoms with E-state index in [-0.39, 0.29) is 23.3 Å². The van der Waals surface area contributed by atoms with Crippen LogP contribution in [0.2, 0.25) is 0 Å². The van der Waals surface area contributed by atoms with Crippen molar-refractivity contribution in [1.29, 1.82) is 0 Å². The van der Waals surface area contributed by atoms with Gasteiger partial charge >= 0.3 is 0 Å². The van der Waals surface area contributed by atoms with Crippen molar-refractivity contribution < 1.29 is 14.5 Å². The molecule has 1 fully saturated rings. The number of hydrogen-bond acceptors (Lipinski definition) is 5. The highest BCUT2D eigenvalue weighted by atomic mass is 16.6. The number of aromatic nitrogens is 1. The van der Waals surface area contributed by atoms with Crippen LogP contribution in [0.15, 0.2) is 23.1 Å². The number of rotatable bonds is 7. The average Bonchev–Trinajstić information content (AvgIpc) is 3.02. The first kappa shape index (κ1) is 16.2. The van der Waals surface area contributed by atoms with Gasteiger partial charge in [0.1, 0.15) is 6.10 Å². The lowest BCUT2D eigenvalue weighted by molar-refractivity contribution is -0.385. The summed E-state index contributed by atoms with van der Waals surface area (Å²) in [5.74, 6) is -0.0926. The first-order valence-corrected chi connectivity index (χ1v) is 7.32. The quantitative estimate of drug-likeness (QED) is 0.456. The van der Waals surface area contributed by atoms with E-state index in [4.69, 9.17) is 4.74 Å². The minimum Gasteiger partial charge on any atom is -0.368 e. The molecule has 1 aliphatic heterocycles. The van der Waals surface area contributed by atoms with Crippen LogP contribution in [-0.2, 0) is 16.1 Å². The molecule has 1 amide bonds. The van der Waals surface area contributed by atoms with Crippen LogP contribution in [0.25, 0.3) is 0 Å². The molecule has 0 radical (unpaired) electrons. The van der Waals surface area contributed by atoms with Crippen molar-refractivity contribution in [3.05, 3.63) is 38.8 Å². The van der Waals surface area contributed by atoms with E-state index in [2.05, 4.69) is 5.32 Å². The molecule has 120 valence electrons. The topological polar surface area (TPSA) is 103 Å². The molecule has 0 aromatic carbocycles. The number of unbranched alkanes of at least 4 members (excludes halogenated alkanes) is 1. The summed E-state index contributed by atoms with van der Waals surface area (Å²) in [5.41, 5.74) is -0.375. The van der Waals surface area contributed by atoms with Gasteiger partial charge in [0, 0.05) is 31.8 Å². The van der Waals surface area contributed by atoms with Gasteiger partial charge in [-0.1, -0.05) is 0 Å². The number of carbonyl (C=O) groups is 1. The van der Waals surface area contributed by atoms with Crippen LogP contribution in [0.4, 0.5) is 5.69 Å². The first-order chi connectivity index (χ1) is 10.6. The van der Waals surface area contributed by atoms with Gasteiger partial charge in [-0.15, -0.1) is 0 Å². The van der Waals surface area contributed by atoms with Gasteiger partial charge in [-0.3, -0.25) is 19.7 Å². The summed E-state index contributed by atoms with van der Waals surface area (Å²) in [6.45, 7) is 1.52. The Kier molecular flexibility index (Phi) is 5.65. The van der Waals surface area contributed by atoms with Gasteiger partial charge in [-0.05, 0) is 25.7 Å². The smallest absolute Gasteiger partial charge is 0.285 e. The fraction of sp³-hybridized carbons (Fsp3) is 0.571. The van der Waals surface area contributed by atoms with Crippen LogP contribution in [-0.4, -0.2) is 34.7 Å². The number of nitro groups is 1. The van der Waals surface area contributed by atoms with Crippen LogP contribution in [0, 0.1) is 10.1 Å².